The second kappa shape index (κ2) is 10.5. The van der Waals surface area contributed by atoms with Crippen LogP contribution >= 0.6 is 49.9 Å². The number of alkyl carbamates (subject to hydrolysis) is 1. The highest BCUT2D eigenvalue weighted by Gasteiger charge is 2.47. The molecule has 1 N–H and O–H groups in total. The lowest BCUT2D eigenvalue weighted by Gasteiger charge is -2.48. The Morgan fingerprint density at radius 1 is 1.39 bits per heavy atom. The molecular weight excluding hydrogens is 597 g/mol. The van der Waals surface area contributed by atoms with Gasteiger partial charge in [-0.2, -0.15) is 0 Å². The third-order valence-electron chi connectivity index (χ3n) is 5.25. The molecule has 31 heavy (non-hydrogen) atoms. The largest absolute Gasteiger partial charge is 0.447 e. The van der Waals surface area contributed by atoms with Crippen molar-refractivity contribution in [1.29, 1.82) is 0 Å². The predicted octanol–water partition coefficient (Wildman–Crippen LogP) is 6.31. The number of rotatable bonds is 5. The topological polar surface area (TPSA) is 80.8 Å². The standard InChI is InChI=1S/C21H33BrIN3O4S/c1-8-21(7,23)13-9-15(17-24-10-16(22)31-17)26(19(28)30-20(4,5)6)11-14(13)25-18(27)29-12(2)3/h10,12-15H,8-9,11H2,1-7H3,(H,25,27). The number of hydrogen-bond donors (Lipinski definition) is 1. The fraction of sp³-hybridized carbons (Fsp3) is 0.762. The first-order valence-electron chi connectivity index (χ1n) is 10.5. The van der Waals surface area contributed by atoms with E-state index >= 15 is 0 Å². The smallest absolute Gasteiger partial charge is 0.410 e. The molecule has 0 radical (unpaired) electrons. The summed E-state index contributed by atoms with van der Waals surface area (Å²) in [6, 6.07) is -0.490. The summed E-state index contributed by atoms with van der Waals surface area (Å²) in [5, 5.41) is 3.88. The van der Waals surface area contributed by atoms with Crippen LogP contribution in [0, 0.1) is 5.92 Å². The van der Waals surface area contributed by atoms with Crippen LogP contribution in [0.15, 0.2) is 9.98 Å². The van der Waals surface area contributed by atoms with Gasteiger partial charge in [0.15, 0.2) is 0 Å². The van der Waals surface area contributed by atoms with E-state index in [1.165, 1.54) is 11.3 Å². The Kier molecular flexibility index (Phi) is 9.06. The van der Waals surface area contributed by atoms with E-state index in [2.05, 4.69) is 62.7 Å². The summed E-state index contributed by atoms with van der Waals surface area (Å²) >= 11 is 7.48. The molecule has 7 nitrogen and oxygen atoms in total. The van der Waals surface area contributed by atoms with Crippen molar-refractivity contribution in [3.8, 4) is 0 Å². The summed E-state index contributed by atoms with van der Waals surface area (Å²) in [6.07, 6.45) is 2.26. The van der Waals surface area contributed by atoms with Gasteiger partial charge in [-0.05, 0) is 69.3 Å². The van der Waals surface area contributed by atoms with Gasteiger partial charge in [0.25, 0.3) is 0 Å². The molecule has 2 heterocycles. The van der Waals surface area contributed by atoms with E-state index in [1.54, 1.807) is 11.1 Å². The minimum absolute atomic E-state index is 0.0830. The molecule has 2 rings (SSSR count). The van der Waals surface area contributed by atoms with Crippen molar-refractivity contribution >= 4 is 62.0 Å². The molecule has 4 unspecified atom stereocenters. The number of amides is 2. The normalized spacial score (nSPS) is 23.9. The number of halogens is 2. The predicted molar refractivity (Wildman–Crippen MR) is 135 cm³/mol. The molecule has 10 heteroatoms. The van der Waals surface area contributed by atoms with Crippen molar-refractivity contribution in [3.63, 3.8) is 0 Å². The number of ether oxygens (including phenoxy) is 2. The van der Waals surface area contributed by atoms with Gasteiger partial charge < -0.3 is 14.8 Å². The first-order valence-corrected chi connectivity index (χ1v) is 13.2. The Bertz CT molecular complexity index is 781. The Labute approximate surface area is 211 Å². The van der Waals surface area contributed by atoms with E-state index in [0.29, 0.717) is 13.0 Å². The number of hydrogen-bond acceptors (Lipinski definition) is 6. The van der Waals surface area contributed by atoms with Crippen molar-refractivity contribution in [2.75, 3.05) is 6.54 Å². The SMILES string of the molecule is CCC(C)(I)C1CC(c2ncc(Br)s2)N(C(=O)OC(C)(C)C)CC1NC(=O)OC(C)C. The fourth-order valence-electron chi connectivity index (χ4n) is 3.65. The molecule has 1 aromatic rings. The molecule has 0 bridgehead atoms. The third-order valence-corrected chi connectivity index (χ3v) is 8.39. The molecule has 4 atom stereocenters. The van der Waals surface area contributed by atoms with Gasteiger partial charge in [0.2, 0.25) is 0 Å². The second-order valence-corrected chi connectivity index (χ2v) is 14.2. The minimum Gasteiger partial charge on any atom is -0.447 e. The first kappa shape index (κ1) is 26.6. The monoisotopic (exact) mass is 629 g/mol. The van der Waals surface area contributed by atoms with Crippen LogP contribution in [0.5, 0.6) is 0 Å². The zero-order chi connectivity index (χ0) is 23.6. The number of carbonyl (C=O) groups is 2. The van der Waals surface area contributed by atoms with E-state index in [4.69, 9.17) is 9.47 Å². The molecule has 2 amide bonds. The van der Waals surface area contributed by atoms with E-state index in [9.17, 15) is 9.59 Å². The number of thiazole rings is 1. The van der Waals surface area contributed by atoms with Crippen molar-refractivity contribution < 1.29 is 19.1 Å². The minimum atomic E-state index is -0.622. The number of piperidine rings is 1. The van der Waals surface area contributed by atoms with Crippen LogP contribution in [-0.4, -0.2) is 49.8 Å². The highest BCUT2D eigenvalue weighted by atomic mass is 127. The van der Waals surface area contributed by atoms with Crippen molar-refractivity contribution in [1.82, 2.24) is 15.2 Å². The number of likely N-dealkylation sites (tertiary alicyclic amines) is 1. The number of alkyl halides is 1. The molecule has 176 valence electrons. The van der Waals surface area contributed by atoms with Gasteiger partial charge in [0, 0.05) is 9.97 Å². The van der Waals surface area contributed by atoms with Gasteiger partial charge in [0.05, 0.1) is 28.2 Å². The lowest BCUT2D eigenvalue weighted by molar-refractivity contribution is -0.00566. The number of carbonyl (C=O) groups excluding carboxylic acids is 2. The maximum Gasteiger partial charge on any atom is 0.410 e. The summed E-state index contributed by atoms with van der Waals surface area (Å²) in [5.74, 6) is 0.115. The van der Waals surface area contributed by atoms with Crippen molar-refractivity contribution in [2.24, 2.45) is 5.92 Å². The van der Waals surface area contributed by atoms with Crippen LogP contribution in [0.2, 0.25) is 0 Å². The first-order chi connectivity index (χ1) is 14.2. The zero-order valence-electron chi connectivity index (χ0n) is 19.2. The summed E-state index contributed by atoms with van der Waals surface area (Å²) in [7, 11) is 0. The number of aromatic nitrogens is 1. The molecule has 1 fully saturated rings. The molecule has 1 aliphatic rings. The Balaban J connectivity index is 2.41. The zero-order valence-corrected chi connectivity index (χ0v) is 23.8. The van der Waals surface area contributed by atoms with E-state index < -0.39 is 17.8 Å². The second-order valence-electron chi connectivity index (χ2n) is 9.33. The highest BCUT2D eigenvalue weighted by molar-refractivity contribution is 14.1. The molecule has 1 aliphatic heterocycles. The van der Waals surface area contributed by atoms with Crippen LogP contribution in [0.4, 0.5) is 9.59 Å². The van der Waals surface area contributed by atoms with Gasteiger partial charge in [0.1, 0.15) is 10.6 Å². The van der Waals surface area contributed by atoms with Crippen LogP contribution < -0.4 is 5.32 Å². The van der Waals surface area contributed by atoms with E-state index in [-0.39, 0.29) is 27.5 Å². The number of nitrogens with one attached hydrogen (secondary N) is 1. The Morgan fingerprint density at radius 3 is 2.52 bits per heavy atom. The highest BCUT2D eigenvalue weighted by Crippen LogP contribution is 2.46. The van der Waals surface area contributed by atoms with Crippen LogP contribution in [0.3, 0.4) is 0 Å². The molecule has 0 aromatic carbocycles. The van der Waals surface area contributed by atoms with Crippen LogP contribution in [0.25, 0.3) is 0 Å². The van der Waals surface area contributed by atoms with Gasteiger partial charge in [-0.25, -0.2) is 14.6 Å². The fourth-order valence-corrected chi connectivity index (χ4v) is 5.71. The van der Waals surface area contributed by atoms with E-state index in [1.807, 2.05) is 34.6 Å². The summed E-state index contributed by atoms with van der Waals surface area (Å²) in [5.41, 5.74) is -0.622. The summed E-state index contributed by atoms with van der Waals surface area (Å²) < 4.78 is 11.9. The maximum atomic E-state index is 13.2. The lowest BCUT2D eigenvalue weighted by Crippen LogP contribution is -2.59. The molecule has 0 aliphatic carbocycles. The quantitative estimate of drug-likeness (QED) is 0.305. The van der Waals surface area contributed by atoms with Gasteiger partial charge in [-0.3, -0.25) is 4.90 Å². The molecular formula is C21H33BrIN3O4S. The van der Waals surface area contributed by atoms with Crippen LogP contribution in [0.1, 0.15) is 72.4 Å². The molecule has 0 spiro atoms. The summed E-state index contributed by atoms with van der Waals surface area (Å²) in [6.45, 7) is 13.8. The van der Waals surface area contributed by atoms with Crippen LogP contribution in [-0.2, 0) is 9.47 Å². The van der Waals surface area contributed by atoms with Gasteiger partial charge in [-0.1, -0.05) is 36.4 Å². The molecule has 0 saturated carbocycles. The summed E-state index contributed by atoms with van der Waals surface area (Å²) in [4.78, 5) is 31.9. The maximum absolute atomic E-state index is 13.2. The number of nitrogens with zero attached hydrogens (tertiary/aromatic N) is 2. The Hall–Kier alpha value is -0.620. The van der Waals surface area contributed by atoms with Gasteiger partial charge >= 0.3 is 12.2 Å². The average Bonchev–Trinajstić information content (AvgIpc) is 3.05. The third kappa shape index (κ3) is 7.45. The van der Waals surface area contributed by atoms with E-state index in [0.717, 1.165) is 15.2 Å². The Morgan fingerprint density at radius 2 is 2.03 bits per heavy atom. The van der Waals surface area contributed by atoms with Crippen molar-refractivity contribution in [2.45, 2.75) is 88.5 Å². The molecule has 1 saturated heterocycles. The lowest BCUT2D eigenvalue weighted by atomic mass is 9.77. The van der Waals surface area contributed by atoms with Crippen molar-refractivity contribution in [3.05, 3.63) is 15.0 Å². The molecule has 1 aromatic heterocycles. The van der Waals surface area contributed by atoms with Gasteiger partial charge in [-0.15, -0.1) is 11.3 Å². The average molecular weight is 630 g/mol.